The average Bonchev–Trinajstić information content (AvgIpc) is 3.23. The number of hydrogen-bond donors (Lipinski definition) is 3. The van der Waals surface area contributed by atoms with Crippen molar-refractivity contribution in [1.82, 2.24) is 10.6 Å². The van der Waals surface area contributed by atoms with E-state index in [0.29, 0.717) is 18.0 Å². The minimum Gasteiger partial charge on any atom is -0.389 e. The van der Waals surface area contributed by atoms with Crippen molar-refractivity contribution in [2.45, 2.75) is 24.8 Å². The summed E-state index contributed by atoms with van der Waals surface area (Å²) in [5.41, 5.74) is 0.929. The summed E-state index contributed by atoms with van der Waals surface area (Å²) >= 11 is 1.37. The third-order valence-corrected chi connectivity index (χ3v) is 4.84. The van der Waals surface area contributed by atoms with Gasteiger partial charge in [0, 0.05) is 13.1 Å². The van der Waals surface area contributed by atoms with Crippen molar-refractivity contribution in [2.24, 2.45) is 0 Å². The monoisotopic (exact) mass is 350 g/mol. The zero-order chi connectivity index (χ0) is 16.9. The normalized spacial score (nSPS) is 23.3. The summed E-state index contributed by atoms with van der Waals surface area (Å²) in [6.45, 7) is 1.13. The SMILES string of the molecule is O=C(NC[C@H]1OC[C@@H](NCc2ccc(F)cc2)[C@@H]1O)c1cccs1. The van der Waals surface area contributed by atoms with E-state index in [0.717, 1.165) is 5.56 Å². The van der Waals surface area contributed by atoms with E-state index < -0.39 is 12.2 Å². The van der Waals surface area contributed by atoms with Gasteiger partial charge in [-0.05, 0) is 29.1 Å². The lowest BCUT2D eigenvalue weighted by Gasteiger charge is -2.19. The molecule has 1 fully saturated rings. The number of nitrogens with one attached hydrogen (secondary N) is 2. The van der Waals surface area contributed by atoms with E-state index in [1.165, 1.54) is 23.5 Å². The van der Waals surface area contributed by atoms with Crippen LogP contribution in [0.15, 0.2) is 41.8 Å². The van der Waals surface area contributed by atoms with E-state index in [1.807, 2.05) is 11.4 Å². The highest BCUT2D eigenvalue weighted by Crippen LogP contribution is 2.15. The van der Waals surface area contributed by atoms with Gasteiger partial charge in [0.1, 0.15) is 11.9 Å². The minimum absolute atomic E-state index is 0.163. The fourth-order valence-corrected chi connectivity index (χ4v) is 3.22. The molecule has 1 aromatic heterocycles. The number of carbonyl (C=O) groups is 1. The maximum Gasteiger partial charge on any atom is 0.261 e. The number of ether oxygens (including phenoxy) is 1. The molecule has 7 heteroatoms. The molecule has 3 N–H and O–H groups in total. The zero-order valence-corrected chi connectivity index (χ0v) is 13.8. The Morgan fingerprint density at radius 3 is 2.83 bits per heavy atom. The first-order chi connectivity index (χ1) is 11.6. The molecular formula is C17H19FN2O3S. The Morgan fingerprint density at radius 2 is 2.12 bits per heavy atom. The lowest BCUT2D eigenvalue weighted by molar-refractivity contribution is 0.0399. The summed E-state index contributed by atoms with van der Waals surface area (Å²) in [5.74, 6) is -0.437. The van der Waals surface area contributed by atoms with Gasteiger partial charge in [-0.1, -0.05) is 18.2 Å². The smallest absolute Gasteiger partial charge is 0.261 e. The number of aliphatic hydroxyl groups is 1. The van der Waals surface area contributed by atoms with E-state index in [-0.39, 0.29) is 24.3 Å². The summed E-state index contributed by atoms with van der Waals surface area (Å²) in [4.78, 5) is 12.5. The molecule has 0 radical (unpaired) electrons. The molecule has 1 aliphatic rings. The molecule has 1 saturated heterocycles. The third-order valence-electron chi connectivity index (χ3n) is 3.97. The van der Waals surface area contributed by atoms with Gasteiger partial charge in [-0.3, -0.25) is 4.79 Å². The number of halogens is 1. The fraction of sp³-hybridized carbons (Fsp3) is 0.353. The van der Waals surface area contributed by atoms with E-state index in [9.17, 15) is 14.3 Å². The van der Waals surface area contributed by atoms with Gasteiger partial charge in [0.25, 0.3) is 5.91 Å². The van der Waals surface area contributed by atoms with Crippen molar-refractivity contribution in [1.29, 1.82) is 0 Å². The highest BCUT2D eigenvalue weighted by molar-refractivity contribution is 7.12. The molecule has 128 valence electrons. The van der Waals surface area contributed by atoms with Crippen molar-refractivity contribution in [2.75, 3.05) is 13.2 Å². The summed E-state index contributed by atoms with van der Waals surface area (Å²) in [6, 6.07) is 9.54. The first-order valence-corrected chi connectivity index (χ1v) is 8.60. The molecule has 3 rings (SSSR count). The quantitative estimate of drug-likeness (QED) is 0.739. The highest BCUT2D eigenvalue weighted by atomic mass is 32.1. The molecule has 0 bridgehead atoms. The molecule has 0 unspecified atom stereocenters. The second-order valence-electron chi connectivity index (χ2n) is 5.66. The Hall–Kier alpha value is -1.80. The number of benzene rings is 1. The van der Waals surface area contributed by atoms with Crippen molar-refractivity contribution in [3.63, 3.8) is 0 Å². The van der Waals surface area contributed by atoms with E-state index in [1.54, 1.807) is 18.2 Å². The molecule has 2 heterocycles. The van der Waals surface area contributed by atoms with Crippen LogP contribution in [-0.4, -0.2) is 42.4 Å². The second kappa shape index (κ2) is 7.85. The molecule has 3 atom stereocenters. The van der Waals surface area contributed by atoms with Crippen LogP contribution >= 0.6 is 11.3 Å². The van der Waals surface area contributed by atoms with Gasteiger partial charge < -0.3 is 20.5 Å². The molecule has 2 aromatic rings. The maximum atomic E-state index is 12.9. The first kappa shape index (κ1) is 17.0. The van der Waals surface area contributed by atoms with Crippen LogP contribution in [0.5, 0.6) is 0 Å². The molecule has 5 nitrogen and oxygen atoms in total. The predicted octanol–water partition coefficient (Wildman–Crippen LogP) is 1.54. The van der Waals surface area contributed by atoms with Gasteiger partial charge in [-0.15, -0.1) is 11.3 Å². The zero-order valence-electron chi connectivity index (χ0n) is 12.9. The van der Waals surface area contributed by atoms with E-state index in [4.69, 9.17) is 4.74 Å². The fourth-order valence-electron chi connectivity index (χ4n) is 2.58. The van der Waals surface area contributed by atoms with Gasteiger partial charge in [-0.2, -0.15) is 0 Å². The predicted molar refractivity (Wildman–Crippen MR) is 89.4 cm³/mol. The maximum absolute atomic E-state index is 12.9. The molecule has 1 aromatic carbocycles. The van der Waals surface area contributed by atoms with E-state index >= 15 is 0 Å². The molecule has 24 heavy (non-hydrogen) atoms. The lowest BCUT2D eigenvalue weighted by Crippen LogP contribution is -2.44. The van der Waals surface area contributed by atoms with Crippen LogP contribution in [0.25, 0.3) is 0 Å². The first-order valence-electron chi connectivity index (χ1n) is 7.72. The Labute approximate surface area is 143 Å². The largest absolute Gasteiger partial charge is 0.389 e. The highest BCUT2D eigenvalue weighted by Gasteiger charge is 2.35. The summed E-state index contributed by atoms with van der Waals surface area (Å²) < 4.78 is 18.4. The van der Waals surface area contributed by atoms with Crippen LogP contribution < -0.4 is 10.6 Å². The number of thiophene rings is 1. The van der Waals surface area contributed by atoms with Crippen LogP contribution in [0.4, 0.5) is 4.39 Å². The summed E-state index contributed by atoms with van der Waals surface area (Å²) in [5, 5.41) is 18.1. The van der Waals surface area contributed by atoms with Gasteiger partial charge in [-0.25, -0.2) is 4.39 Å². The van der Waals surface area contributed by atoms with Gasteiger partial charge in [0.2, 0.25) is 0 Å². The summed E-state index contributed by atoms with van der Waals surface area (Å²) in [6.07, 6.45) is -1.16. The number of hydrogen-bond acceptors (Lipinski definition) is 5. The van der Waals surface area contributed by atoms with Crippen molar-refractivity contribution in [3.8, 4) is 0 Å². The molecule has 1 amide bonds. The van der Waals surface area contributed by atoms with E-state index in [2.05, 4.69) is 10.6 Å². The van der Waals surface area contributed by atoms with Crippen molar-refractivity contribution < 1.29 is 19.0 Å². The number of carbonyl (C=O) groups excluding carboxylic acids is 1. The Morgan fingerprint density at radius 1 is 1.33 bits per heavy atom. The summed E-state index contributed by atoms with van der Waals surface area (Å²) in [7, 11) is 0. The third kappa shape index (κ3) is 4.18. The van der Waals surface area contributed by atoms with Crippen molar-refractivity contribution >= 4 is 17.2 Å². The number of aliphatic hydroxyl groups excluding tert-OH is 1. The van der Waals surface area contributed by atoms with Gasteiger partial charge >= 0.3 is 0 Å². The van der Waals surface area contributed by atoms with Crippen LogP contribution in [-0.2, 0) is 11.3 Å². The molecular weight excluding hydrogens is 331 g/mol. The Bertz CT molecular complexity index is 663. The van der Waals surface area contributed by atoms with Gasteiger partial charge in [0.15, 0.2) is 0 Å². The molecule has 0 aliphatic carbocycles. The Balaban J connectivity index is 1.45. The topological polar surface area (TPSA) is 70.6 Å². The van der Waals surface area contributed by atoms with Crippen LogP contribution in [0.2, 0.25) is 0 Å². The second-order valence-corrected chi connectivity index (χ2v) is 6.61. The lowest BCUT2D eigenvalue weighted by atomic mass is 10.1. The number of rotatable bonds is 6. The van der Waals surface area contributed by atoms with Crippen LogP contribution in [0.1, 0.15) is 15.2 Å². The molecule has 1 aliphatic heterocycles. The molecule has 0 spiro atoms. The number of amides is 1. The van der Waals surface area contributed by atoms with Crippen molar-refractivity contribution in [3.05, 3.63) is 58.0 Å². The van der Waals surface area contributed by atoms with Gasteiger partial charge in [0.05, 0.1) is 23.6 Å². The van der Waals surface area contributed by atoms with Crippen LogP contribution in [0, 0.1) is 5.82 Å². The average molecular weight is 350 g/mol. The molecule has 0 saturated carbocycles. The standard InChI is InChI=1S/C17H19FN2O3S/c18-12-5-3-11(4-6-12)8-19-13-10-23-14(16(13)21)9-20-17(22)15-2-1-7-24-15/h1-7,13-14,16,19,21H,8-10H2,(H,20,22)/t13-,14-,16+/m1/s1. The van der Waals surface area contributed by atoms with Crippen LogP contribution in [0.3, 0.4) is 0 Å². The minimum atomic E-state index is -0.714. The Kier molecular flexibility index (Phi) is 5.57.